The summed E-state index contributed by atoms with van der Waals surface area (Å²) in [6.45, 7) is 3.10. The van der Waals surface area contributed by atoms with Crippen LogP contribution in [0.5, 0.6) is 17.2 Å². The summed E-state index contributed by atoms with van der Waals surface area (Å²) in [6.07, 6.45) is 1.25. The number of amides is 3. The topological polar surface area (TPSA) is 180 Å². The van der Waals surface area contributed by atoms with Crippen LogP contribution in [0, 0.1) is 10.1 Å². The lowest BCUT2D eigenvalue weighted by Crippen LogP contribution is -2.45. The van der Waals surface area contributed by atoms with Crippen molar-refractivity contribution in [3.8, 4) is 17.2 Å². The van der Waals surface area contributed by atoms with Gasteiger partial charge < -0.3 is 29.6 Å². The number of ether oxygens (including phenoxy) is 4. The van der Waals surface area contributed by atoms with Crippen molar-refractivity contribution in [3.05, 3.63) is 115 Å². The number of urea groups is 1. The number of fused-ring (bicyclic) bond motifs is 1. The highest BCUT2D eigenvalue weighted by Gasteiger charge is 2.32. The number of hydrazone groups is 1. The first-order chi connectivity index (χ1) is 24.1. The molecule has 258 valence electrons. The molecule has 1 heterocycles. The lowest BCUT2D eigenvalue weighted by atomic mass is 9.95. The molecule has 0 saturated heterocycles. The highest BCUT2D eigenvalue weighted by atomic mass is 79.9. The number of carbonyl (C=O) groups is 3. The summed E-state index contributed by atoms with van der Waals surface area (Å²) in [7, 11) is 1.40. The van der Waals surface area contributed by atoms with Gasteiger partial charge in [0, 0.05) is 17.3 Å². The number of esters is 1. The zero-order valence-electron chi connectivity index (χ0n) is 27.2. The molecule has 3 N–H and O–H groups in total. The Bertz CT molecular complexity index is 2030. The number of nitro benzene ring substituents is 1. The molecule has 1 aliphatic heterocycles. The molecule has 14 nitrogen and oxygen atoms in total. The summed E-state index contributed by atoms with van der Waals surface area (Å²) >= 11 is 3.37. The normalized spacial score (nSPS) is 14.2. The number of benzene rings is 4. The highest BCUT2D eigenvalue weighted by Crippen LogP contribution is 2.37. The minimum atomic E-state index is -0.816. The van der Waals surface area contributed by atoms with Gasteiger partial charge in [-0.05, 0) is 69.9 Å². The molecule has 0 aromatic heterocycles. The maximum Gasteiger partial charge on any atom is 0.338 e. The molecule has 4 aromatic rings. The van der Waals surface area contributed by atoms with E-state index in [1.807, 2.05) is 42.5 Å². The molecule has 0 spiro atoms. The monoisotopic (exact) mass is 745 g/mol. The second-order valence-electron chi connectivity index (χ2n) is 10.8. The number of hydrogen-bond donors (Lipinski definition) is 3. The van der Waals surface area contributed by atoms with Crippen molar-refractivity contribution in [3.63, 3.8) is 0 Å². The van der Waals surface area contributed by atoms with Crippen LogP contribution in [0.3, 0.4) is 0 Å². The summed E-state index contributed by atoms with van der Waals surface area (Å²) in [6, 6.07) is 19.9. The number of nitrogens with zero attached hydrogens (tertiary/aromatic N) is 2. The van der Waals surface area contributed by atoms with E-state index in [1.54, 1.807) is 32.0 Å². The van der Waals surface area contributed by atoms with E-state index < -0.39 is 35.5 Å². The largest absolute Gasteiger partial charge is 0.493 e. The molecule has 50 heavy (non-hydrogen) atoms. The van der Waals surface area contributed by atoms with Crippen molar-refractivity contribution < 1.29 is 38.3 Å². The fraction of sp³-hybridized carbons (Fsp3) is 0.200. The average Bonchev–Trinajstić information content (AvgIpc) is 3.09. The number of allylic oxidation sites excluding steroid dienone is 1. The van der Waals surface area contributed by atoms with Crippen LogP contribution in [0.25, 0.3) is 10.8 Å². The van der Waals surface area contributed by atoms with Crippen molar-refractivity contribution in [2.45, 2.75) is 26.5 Å². The van der Waals surface area contributed by atoms with Gasteiger partial charge >= 0.3 is 17.7 Å². The summed E-state index contributed by atoms with van der Waals surface area (Å²) in [5.74, 6) is -0.685. The van der Waals surface area contributed by atoms with Crippen LogP contribution >= 0.6 is 15.9 Å². The number of nitrogens with one attached hydrogen (secondary N) is 3. The van der Waals surface area contributed by atoms with Crippen LogP contribution in [-0.2, 0) is 20.9 Å². The van der Waals surface area contributed by atoms with E-state index in [2.05, 4.69) is 37.1 Å². The van der Waals surface area contributed by atoms with E-state index >= 15 is 0 Å². The SMILES string of the molecule is CCOC(=O)C1=C(C)NC(=O)N[C@@H]1c1ccc(OCC(=O)N/N=C/c2cc(Br)c(OCc3cccc4ccccc34)c([N+](=O)[O-])c2)c(OC)c1. The molecule has 1 aliphatic rings. The molecule has 0 radical (unpaired) electrons. The predicted octanol–water partition coefficient (Wildman–Crippen LogP) is 5.82. The Morgan fingerprint density at radius 1 is 1.06 bits per heavy atom. The van der Waals surface area contributed by atoms with Gasteiger partial charge in [0.05, 0.1) is 40.9 Å². The second-order valence-corrected chi connectivity index (χ2v) is 11.7. The van der Waals surface area contributed by atoms with Crippen LogP contribution in [0.4, 0.5) is 10.5 Å². The van der Waals surface area contributed by atoms with Crippen LogP contribution in [0.1, 0.15) is 36.6 Å². The number of rotatable bonds is 13. The smallest absolute Gasteiger partial charge is 0.338 e. The average molecular weight is 747 g/mol. The minimum absolute atomic E-state index is 0.0586. The molecule has 4 aromatic carbocycles. The molecule has 0 saturated carbocycles. The summed E-state index contributed by atoms with van der Waals surface area (Å²) in [4.78, 5) is 48.8. The fourth-order valence-corrected chi connectivity index (χ4v) is 5.86. The van der Waals surface area contributed by atoms with Crippen molar-refractivity contribution in [1.82, 2.24) is 16.1 Å². The van der Waals surface area contributed by atoms with Crippen LogP contribution < -0.4 is 30.3 Å². The number of hydrogen-bond acceptors (Lipinski definition) is 10. The minimum Gasteiger partial charge on any atom is -0.493 e. The van der Waals surface area contributed by atoms with Gasteiger partial charge in [-0.3, -0.25) is 14.9 Å². The van der Waals surface area contributed by atoms with Crippen LogP contribution in [0.15, 0.2) is 93.6 Å². The lowest BCUT2D eigenvalue weighted by Gasteiger charge is -2.28. The number of carbonyl (C=O) groups excluding carboxylic acids is 3. The van der Waals surface area contributed by atoms with Gasteiger partial charge in [0.1, 0.15) is 6.61 Å². The zero-order valence-corrected chi connectivity index (χ0v) is 28.7. The summed E-state index contributed by atoms with van der Waals surface area (Å²) in [5, 5.41) is 23.1. The van der Waals surface area contributed by atoms with Gasteiger partial charge in [-0.2, -0.15) is 5.10 Å². The van der Waals surface area contributed by atoms with Crippen LogP contribution in [-0.4, -0.2) is 49.4 Å². The summed E-state index contributed by atoms with van der Waals surface area (Å²) in [5.41, 5.74) is 4.36. The van der Waals surface area contributed by atoms with E-state index in [-0.39, 0.29) is 41.7 Å². The number of methoxy groups -OCH3 is 1. The molecule has 0 fully saturated rings. The quantitative estimate of drug-likeness (QED) is 0.0658. The molecule has 15 heteroatoms. The molecule has 0 unspecified atom stereocenters. The van der Waals surface area contributed by atoms with E-state index in [9.17, 15) is 24.5 Å². The first-order valence-electron chi connectivity index (χ1n) is 15.2. The second kappa shape index (κ2) is 16.0. The van der Waals surface area contributed by atoms with Crippen LogP contribution in [0.2, 0.25) is 0 Å². The molecule has 0 bridgehead atoms. The molecule has 1 atom stereocenters. The maximum absolute atomic E-state index is 12.6. The maximum atomic E-state index is 12.6. The fourth-order valence-electron chi connectivity index (χ4n) is 5.28. The van der Waals surface area contributed by atoms with Crippen molar-refractivity contribution >= 4 is 56.5 Å². The third-order valence-electron chi connectivity index (χ3n) is 7.54. The van der Waals surface area contributed by atoms with Gasteiger partial charge in [0.15, 0.2) is 18.1 Å². The highest BCUT2D eigenvalue weighted by molar-refractivity contribution is 9.10. The van der Waals surface area contributed by atoms with Gasteiger partial charge in [-0.15, -0.1) is 0 Å². The molecule has 5 rings (SSSR count). The Kier molecular flexibility index (Phi) is 11.3. The summed E-state index contributed by atoms with van der Waals surface area (Å²) < 4.78 is 22.5. The molecular weight excluding hydrogens is 714 g/mol. The third-order valence-corrected chi connectivity index (χ3v) is 8.13. The van der Waals surface area contributed by atoms with E-state index in [0.717, 1.165) is 16.3 Å². The van der Waals surface area contributed by atoms with Crippen molar-refractivity contribution in [2.24, 2.45) is 5.10 Å². The Morgan fingerprint density at radius 2 is 1.84 bits per heavy atom. The lowest BCUT2D eigenvalue weighted by molar-refractivity contribution is -0.386. The Hall–Kier alpha value is -5.96. The standard InChI is InChI=1S/C35H32BrN5O9/c1-4-48-34(43)31-20(2)38-35(44)39-32(31)23-12-13-28(29(16-23)47-3)49-19-30(42)40-37-17-21-14-26(36)33(27(15-21)41(45)46)50-18-24-10-7-9-22-8-5-6-11-25(22)24/h5-17,32H,4,18-19H2,1-3H3,(H,40,42)(H2,38,39,44)/b37-17+/t32-/m1/s1. The van der Waals surface area contributed by atoms with E-state index in [0.29, 0.717) is 21.3 Å². The zero-order chi connectivity index (χ0) is 35.8. The Morgan fingerprint density at radius 3 is 2.60 bits per heavy atom. The molecular formula is C35H32BrN5O9. The predicted molar refractivity (Wildman–Crippen MR) is 187 cm³/mol. The Labute approximate surface area is 294 Å². The van der Waals surface area contributed by atoms with Crippen molar-refractivity contribution in [2.75, 3.05) is 20.3 Å². The number of halogens is 1. The molecule has 3 amide bonds. The Balaban J connectivity index is 1.22. The van der Waals surface area contributed by atoms with Gasteiger partial charge in [-0.25, -0.2) is 15.0 Å². The first kappa shape index (κ1) is 35.3. The van der Waals surface area contributed by atoms with E-state index in [1.165, 1.54) is 25.5 Å². The molecule has 0 aliphatic carbocycles. The van der Waals surface area contributed by atoms with Gasteiger partial charge in [0.25, 0.3) is 5.91 Å². The van der Waals surface area contributed by atoms with E-state index in [4.69, 9.17) is 18.9 Å². The van der Waals surface area contributed by atoms with Gasteiger partial charge in [-0.1, -0.05) is 48.5 Å². The number of nitro groups is 1. The third kappa shape index (κ3) is 8.18. The van der Waals surface area contributed by atoms with Gasteiger partial charge in [0.2, 0.25) is 5.75 Å². The van der Waals surface area contributed by atoms with Crippen molar-refractivity contribution in [1.29, 1.82) is 0 Å². The first-order valence-corrected chi connectivity index (χ1v) is 16.0.